The zero-order chi connectivity index (χ0) is 26.1. The molecular weight excluding hydrogens is 488 g/mol. The zero-order valence-corrected chi connectivity index (χ0v) is 21.4. The van der Waals surface area contributed by atoms with Crippen molar-refractivity contribution in [3.8, 4) is 5.75 Å². The molecule has 186 valence electrons. The molecule has 3 aromatic carbocycles. The van der Waals surface area contributed by atoms with E-state index in [0.29, 0.717) is 31.9 Å². The van der Waals surface area contributed by atoms with Gasteiger partial charge in [0.05, 0.1) is 28.5 Å². The fourth-order valence-corrected chi connectivity index (χ4v) is 5.55. The van der Waals surface area contributed by atoms with Crippen LogP contribution in [0.2, 0.25) is 0 Å². The summed E-state index contributed by atoms with van der Waals surface area (Å²) in [5.74, 6) is -0.587. The van der Waals surface area contributed by atoms with Gasteiger partial charge in [-0.1, -0.05) is 65.9 Å². The van der Waals surface area contributed by atoms with Crippen LogP contribution >= 0.6 is 11.3 Å². The molecule has 7 nitrogen and oxygen atoms in total. The maximum absolute atomic E-state index is 13.8. The third-order valence-electron chi connectivity index (χ3n) is 6.08. The van der Waals surface area contributed by atoms with E-state index < -0.39 is 18.0 Å². The molecule has 0 radical (unpaired) electrons. The fourth-order valence-electron chi connectivity index (χ4n) is 4.51. The van der Waals surface area contributed by atoms with Gasteiger partial charge in [0.15, 0.2) is 4.80 Å². The van der Waals surface area contributed by atoms with Gasteiger partial charge in [-0.2, -0.15) is 0 Å². The van der Waals surface area contributed by atoms with Gasteiger partial charge < -0.3 is 9.47 Å². The van der Waals surface area contributed by atoms with E-state index in [0.717, 1.165) is 16.3 Å². The number of hydrogen-bond donors (Lipinski definition) is 0. The van der Waals surface area contributed by atoms with Gasteiger partial charge in [-0.15, -0.1) is 0 Å². The molecule has 1 atom stereocenters. The largest absolute Gasteiger partial charge is 0.463 e. The van der Waals surface area contributed by atoms with Crippen LogP contribution in [0.3, 0.4) is 0 Å². The normalized spacial score (nSPS) is 15.3. The molecule has 0 saturated carbocycles. The van der Waals surface area contributed by atoms with Gasteiger partial charge >= 0.3 is 11.9 Å². The number of thiazole rings is 1. The van der Waals surface area contributed by atoms with Crippen molar-refractivity contribution in [2.45, 2.75) is 26.8 Å². The first kappa shape index (κ1) is 24.4. The Morgan fingerprint density at radius 3 is 2.51 bits per heavy atom. The summed E-state index contributed by atoms with van der Waals surface area (Å²) in [6.45, 7) is 5.00. The van der Waals surface area contributed by atoms with Crippen LogP contribution < -0.4 is 19.6 Å². The number of ether oxygens (including phenoxy) is 2. The van der Waals surface area contributed by atoms with Crippen molar-refractivity contribution >= 4 is 40.1 Å². The van der Waals surface area contributed by atoms with Crippen LogP contribution in [0, 0.1) is 0 Å². The van der Waals surface area contributed by atoms with Gasteiger partial charge in [0.1, 0.15) is 5.75 Å². The van der Waals surface area contributed by atoms with E-state index in [2.05, 4.69) is 4.99 Å². The van der Waals surface area contributed by atoms with Crippen LogP contribution in [0.4, 0.5) is 0 Å². The Morgan fingerprint density at radius 1 is 1.05 bits per heavy atom. The van der Waals surface area contributed by atoms with Crippen molar-refractivity contribution < 1.29 is 19.1 Å². The predicted octanol–water partition coefficient (Wildman–Crippen LogP) is 3.88. The Bertz CT molecular complexity index is 1740. The first-order valence-electron chi connectivity index (χ1n) is 11.8. The van der Waals surface area contributed by atoms with Crippen LogP contribution in [0.15, 0.2) is 87.8 Å². The van der Waals surface area contributed by atoms with E-state index >= 15 is 0 Å². The number of carbonyl (C=O) groups is 2. The SMILES string of the molecule is CCOC(=O)C1=C(C)N=c2s/c(=C/c3cccc4ccccc34)c(=O)n2C1c1ccc(OC(C)=O)cc1. The smallest absolute Gasteiger partial charge is 0.338 e. The second-order valence-electron chi connectivity index (χ2n) is 8.53. The lowest BCUT2D eigenvalue weighted by Gasteiger charge is -2.24. The third-order valence-corrected chi connectivity index (χ3v) is 7.07. The Morgan fingerprint density at radius 2 is 1.78 bits per heavy atom. The first-order valence-corrected chi connectivity index (χ1v) is 12.6. The minimum atomic E-state index is -0.739. The number of benzene rings is 3. The molecule has 0 N–H and O–H groups in total. The Kier molecular flexibility index (Phi) is 6.58. The maximum atomic E-state index is 13.8. The van der Waals surface area contributed by atoms with Gasteiger partial charge in [-0.05, 0) is 54.0 Å². The van der Waals surface area contributed by atoms with Gasteiger partial charge in [-0.3, -0.25) is 14.2 Å². The molecule has 0 aliphatic carbocycles. The van der Waals surface area contributed by atoms with Crippen molar-refractivity contribution in [3.05, 3.63) is 109 Å². The van der Waals surface area contributed by atoms with E-state index in [1.165, 1.54) is 18.3 Å². The van der Waals surface area contributed by atoms with Gasteiger partial charge in [0.2, 0.25) is 0 Å². The molecule has 1 aromatic heterocycles. The van der Waals surface area contributed by atoms with Crippen LogP contribution in [0.1, 0.15) is 37.9 Å². The highest BCUT2D eigenvalue weighted by atomic mass is 32.1. The summed E-state index contributed by atoms with van der Waals surface area (Å²) in [7, 11) is 0. The highest BCUT2D eigenvalue weighted by molar-refractivity contribution is 7.07. The molecule has 37 heavy (non-hydrogen) atoms. The lowest BCUT2D eigenvalue weighted by Crippen LogP contribution is -2.39. The molecule has 0 saturated heterocycles. The van der Waals surface area contributed by atoms with Gasteiger partial charge in [-0.25, -0.2) is 9.79 Å². The molecule has 0 bridgehead atoms. The monoisotopic (exact) mass is 512 g/mol. The fraction of sp³-hybridized carbons (Fsp3) is 0.172. The molecule has 8 heteroatoms. The highest BCUT2D eigenvalue weighted by Crippen LogP contribution is 2.31. The topological polar surface area (TPSA) is 87.0 Å². The molecule has 4 aromatic rings. The molecule has 2 heterocycles. The number of carbonyl (C=O) groups excluding carboxylic acids is 2. The van der Waals surface area contributed by atoms with E-state index in [-0.39, 0.29) is 12.2 Å². The summed E-state index contributed by atoms with van der Waals surface area (Å²) in [6, 6.07) is 20.0. The van der Waals surface area contributed by atoms with Crippen LogP contribution in [-0.2, 0) is 14.3 Å². The van der Waals surface area contributed by atoms with Gasteiger partial charge in [0.25, 0.3) is 5.56 Å². The standard InChI is InChI=1S/C29H24N2O5S/c1-4-35-28(34)25-17(2)30-29-31(26(25)20-12-14-22(15-13-20)36-18(3)32)27(33)24(37-29)16-21-10-7-9-19-8-5-6-11-23(19)21/h5-16,26H,4H2,1-3H3/b24-16+. The average molecular weight is 513 g/mol. The first-order chi connectivity index (χ1) is 17.9. The van der Waals surface area contributed by atoms with E-state index in [1.807, 2.05) is 48.5 Å². The summed E-state index contributed by atoms with van der Waals surface area (Å²) in [4.78, 5) is 43.3. The summed E-state index contributed by atoms with van der Waals surface area (Å²) in [5, 5.41) is 2.12. The molecule has 1 aliphatic rings. The summed E-state index contributed by atoms with van der Waals surface area (Å²) < 4.78 is 12.5. The minimum absolute atomic E-state index is 0.194. The molecular formula is C29H24N2O5S. The lowest BCUT2D eigenvalue weighted by atomic mass is 9.96. The van der Waals surface area contributed by atoms with E-state index in [4.69, 9.17) is 9.47 Å². The lowest BCUT2D eigenvalue weighted by molar-refractivity contribution is -0.139. The number of nitrogens with zero attached hydrogens (tertiary/aromatic N) is 2. The highest BCUT2D eigenvalue weighted by Gasteiger charge is 2.33. The number of fused-ring (bicyclic) bond motifs is 2. The number of rotatable bonds is 5. The molecule has 5 rings (SSSR count). The molecule has 1 aliphatic heterocycles. The van der Waals surface area contributed by atoms with Crippen molar-refractivity contribution in [2.75, 3.05) is 6.61 Å². The van der Waals surface area contributed by atoms with Gasteiger partial charge in [0, 0.05) is 6.92 Å². The summed E-state index contributed by atoms with van der Waals surface area (Å²) >= 11 is 1.28. The van der Waals surface area contributed by atoms with Crippen molar-refractivity contribution in [1.82, 2.24) is 4.57 Å². The number of allylic oxidation sites excluding steroid dienone is 1. The summed E-state index contributed by atoms with van der Waals surface area (Å²) in [6.07, 6.45) is 1.87. The second-order valence-corrected chi connectivity index (χ2v) is 9.54. The molecule has 1 unspecified atom stereocenters. The number of aromatic nitrogens is 1. The molecule has 0 fully saturated rings. The predicted molar refractivity (Wildman–Crippen MR) is 142 cm³/mol. The second kappa shape index (κ2) is 9.99. The summed E-state index contributed by atoms with van der Waals surface area (Å²) in [5.41, 5.74) is 2.13. The minimum Gasteiger partial charge on any atom is -0.463 e. The quantitative estimate of drug-likeness (QED) is 0.299. The van der Waals surface area contributed by atoms with E-state index in [1.54, 1.807) is 42.7 Å². The average Bonchev–Trinajstić information content (AvgIpc) is 3.18. The number of esters is 2. The molecule has 0 spiro atoms. The number of hydrogen-bond acceptors (Lipinski definition) is 7. The maximum Gasteiger partial charge on any atom is 0.338 e. The van der Waals surface area contributed by atoms with Crippen molar-refractivity contribution in [2.24, 2.45) is 4.99 Å². The zero-order valence-electron chi connectivity index (χ0n) is 20.6. The van der Waals surface area contributed by atoms with Crippen LogP contribution in [0.25, 0.3) is 16.8 Å². The molecule has 0 amide bonds. The third kappa shape index (κ3) is 4.63. The van der Waals surface area contributed by atoms with Crippen LogP contribution in [-0.4, -0.2) is 23.1 Å². The Balaban J connectivity index is 1.70. The van der Waals surface area contributed by atoms with E-state index in [9.17, 15) is 14.4 Å². The van der Waals surface area contributed by atoms with Crippen LogP contribution in [0.5, 0.6) is 5.75 Å². The van der Waals surface area contributed by atoms with Crippen molar-refractivity contribution in [1.29, 1.82) is 0 Å². The van der Waals surface area contributed by atoms with Crippen molar-refractivity contribution in [3.63, 3.8) is 0 Å². The Labute approximate surface area is 216 Å². The Hall–Kier alpha value is -4.30.